The summed E-state index contributed by atoms with van der Waals surface area (Å²) in [5.41, 5.74) is 0. The molecule has 1 heterocycles. The summed E-state index contributed by atoms with van der Waals surface area (Å²) >= 11 is 1.93. The van der Waals surface area contributed by atoms with Crippen molar-refractivity contribution in [2.45, 2.75) is 43.9 Å². The van der Waals surface area contributed by atoms with Crippen molar-refractivity contribution in [3.8, 4) is 0 Å². The molecule has 0 radical (unpaired) electrons. The van der Waals surface area contributed by atoms with Crippen molar-refractivity contribution < 1.29 is 4.79 Å². The Balaban J connectivity index is 1.72. The minimum atomic E-state index is 0.332. The second-order valence-electron chi connectivity index (χ2n) is 6.30. The molecule has 2 rings (SSSR count). The van der Waals surface area contributed by atoms with Gasteiger partial charge in [0.05, 0.1) is 0 Å². The van der Waals surface area contributed by atoms with Gasteiger partial charge in [-0.2, -0.15) is 11.8 Å². The number of hydrogen-bond acceptors (Lipinski definition) is 4. The highest BCUT2D eigenvalue weighted by atomic mass is 32.2. The van der Waals surface area contributed by atoms with E-state index in [1.165, 1.54) is 19.3 Å². The van der Waals surface area contributed by atoms with Gasteiger partial charge in [-0.1, -0.05) is 13.3 Å². The first-order chi connectivity index (χ1) is 10.2. The van der Waals surface area contributed by atoms with Gasteiger partial charge in [-0.15, -0.1) is 0 Å². The van der Waals surface area contributed by atoms with Crippen LogP contribution in [-0.4, -0.2) is 84.5 Å². The van der Waals surface area contributed by atoms with E-state index in [1.807, 2.05) is 23.7 Å². The third-order valence-corrected chi connectivity index (χ3v) is 6.32. The molecule has 0 spiro atoms. The van der Waals surface area contributed by atoms with E-state index in [1.54, 1.807) is 0 Å². The number of piperazine rings is 1. The monoisotopic (exact) mass is 313 g/mol. The van der Waals surface area contributed by atoms with Gasteiger partial charge < -0.3 is 14.7 Å². The summed E-state index contributed by atoms with van der Waals surface area (Å²) in [4.78, 5) is 19.4. The Hall–Kier alpha value is -0.260. The van der Waals surface area contributed by atoms with Gasteiger partial charge in [0.2, 0.25) is 5.91 Å². The Labute approximate surface area is 134 Å². The molecule has 1 aliphatic carbocycles. The second kappa shape index (κ2) is 8.39. The fourth-order valence-electron chi connectivity index (χ4n) is 3.57. The van der Waals surface area contributed by atoms with Crippen molar-refractivity contribution >= 4 is 17.7 Å². The summed E-state index contributed by atoms with van der Waals surface area (Å²) in [7, 11) is 2.01. The summed E-state index contributed by atoms with van der Waals surface area (Å²) in [6.07, 6.45) is 6.58. The minimum absolute atomic E-state index is 0.332. The smallest absolute Gasteiger partial charge is 0.223 e. The van der Waals surface area contributed by atoms with Crippen LogP contribution in [0.2, 0.25) is 0 Å². The molecule has 1 aliphatic heterocycles. The number of nitrogens with zero attached hydrogens (tertiary/aromatic N) is 3. The topological polar surface area (TPSA) is 26.8 Å². The van der Waals surface area contributed by atoms with Crippen molar-refractivity contribution in [1.82, 2.24) is 14.7 Å². The van der Waals surface area contributed by atoms with Crippen LogP contribution in [0.15, 0.2) is 0 Å². The van der Waals surface area contributed by atoms with Crippen molar-refractivity contribution in [3.63, 3.8) is 0 Å². The van der Waals surface area contributed by atoms with Gasteiger partial charge in [-0.05, 0) is 25.6 Å². The van der Waals surface area contributed by atoms with Gasteiger partial charge in [-0.3, -0.25) is 4.79 Å². The second-order valence-corrected chi connectivity index (χ2v) is 7.38. The van der Waals surface area contributed by atoms with Crippen LogP contribution in [0, 0.1) is 0 Å². The van der Waals surface area contributed by atoms with E-state index >= 15 is 0 Å². The maximum atomic E-state index is 12.4. The lowest BCUT2D eigenvalue weighted by atomic mass is 10.2. The third-order valence-electron chi connectivity index (χ3n) is 5.17. The first-order valence-electron chi connectivity index (χ1n) is 8.38. The van der Waals surface area contributed by atoms with Crippen molar-refractivity contribution in [2.24, 2.45) is 0 Å². The van der Waals surface area contributed by atoms with Gasteiger partial charge in [-0.25, -0.2) is 0 Å². The van der Waals surface area contributed by atoms with E-state index < -0.39 is 0 Å². The number of likely N-dealkylation sites (N-methyl/N-ethyl adjacent to an activating group) is 1. The lowest BCUT2D eigenvalue weighted by Crippen LogP contribution is -2.47. The molecule has 2 aliphatic rings. The zero-order valence-corrected chi connectivity index (χ0v) is 14.7. The number of amides is 1. The van der Waals surface area contributed by atoms with Crippen LogP contribution < -0.4 is 0 Å². The summed E-state index contributed by atoms with van der Waals surface area (Å²) in [6.45, 7) is 8.82. The average Bonchev–Trinajstić information content (AvgIpc) is 3.00. The predicted molar refractivity (Wildman–Crippen MR) is 90.9 cm³/mol. The van der Waals surface area contributed by atoms with E-state index in [9.17, 15) is 4.79 Å². The molecule has 0 N–H and O–H groups in total. The largest absolute Gasteiger partial charge is 0.342 e. The van der Waals surface area contributed by atoms with Crippen LogP contribution in [0.1, 0.15) is 32.6 Å². The SMILES string of the molecule is CCN1CCN(CCC(=O)N(C)C2CCCC2SC)CC1. The predicted octanol–water partition coefficient (Wildman–Crippen LogP) is 1.76. The highest BCUT2D eigenvalue weighted by molar-refractivity contribution is 7.99. The first kappa shape index (κ1) is 17.1. The molecule has 122 valence electrons. The van der Waals surface area contributed by atoms with Crippen LogP contribution in [0.5, 0.6) is 0 Å². The zero-order valence-electron chi connectivity index (χ0n) is 13.9. The third kappa shape index (κ3) is 4.60. The highest BCUT2D eigenvalue weighted by Gasteiger charge is 2.32. The Morgan fingerprint density at radius 1 is 1.19 bits per heavy atom. The molecular weight excluding hydrogens is 282 g/mol. The maximum Gasteiger partial charge on any atom is 0.223 e. The Morgan fingerprint density at radius 3 is 2.48 bits per heavy atom. The average molecular weight is 314 g/mol. The molecule has 0 aromatic heterocycles. The number of carbonyl (C=O) groups is 1. The van der Waals surface area contributed by atoms with Crippen LogP contribution >= 0.6 is 11.8 Å². The van der Waals surface area contributed by atoms with Gasteiger partial charge >= 0.3 is 0 Å². The summed E-state index contributed by atoms with van der Waals surface area (Å²) < 4.78 is 0. The normalized spacial score (nSPS) is 28.0. The van der Waals surface area contributed by atoms with E-state index in [0.717, 1.165) is 39.3 Å². The van der Waals surface area contributed by atoms with Gasteiger partial charge in [0.15, 0.2) is 0 Å². The molecule has 2 fully saturated rings. The van der Waals surface area contributed by atoms with Gasteiger partial charge in [0.25, 0.3) is 0 Å². The molecule has 0 bridgehead atoms. The molecule has 2 unspecified atom stereocenters. The molecule has 1 saturated heterocycles. The molecule has 1 saturated carbocycles. The lowest BCUT2D eigenvalue weighted by Gasteiger charge is -2.34. The molecule has 0 aromatic carbocycles. The van der Waals surface area contributed by atoms with Gasteiger partial charge in [0, 0.05) is 57.5 Å². The van der Waals surface area contributed by atoms with Crippen LogP contribution in [0.4, 0.5) is 0 Å². The summed E-state index contributed by atoms with van der Waals surface area (Å²) in [5, 5.41) is 0.645. The van der Waals surface area contributed by atoms with E-state index in [2.05, 4.69) is 23.0 Å². The fourth-order valence-corrected chi connectivity index (χ4v) is 4.60. The summed E-state index contributed by atoms with van der Waals surface area (Å²) in [6, 6.07) is 0.462. The van der Waals surface area contributed by atoms with Crippen molar-refractivity contribution in [3.05, 3.63) is 0 Å². The molecule has 2 atom stereocenters. The fraction of sp³-hybridized carbons (Fsp3) is 0.938. The summed E-state index contributed by atoms with van der Waals surface area (Å²) in [5.74, 6) is 0.332. The number of carbonyl (C=O) groups excluding carboxylic acids is 1. The molecule has 0 aromatic rings. The van der Waals surface area contributed by atoms with Gasteiger partial charge in [0.1, 0.15) is 0 Å². The Bertz CT molecular complexity index is 331. The number of thioether (sulfide) groups is 1. The minimum Gasteiger partial charge on any atom is -0.342 e. The number of rotatable bonds is 6. The molecule has 21 heavy (non-hydrogen) atoms. The first-order valence-corrected chi connectivity index (χ1v) is 9.67. The van der Waals surface area contributed by atoms with E-state index in [4.69, 9.17) is 0 Å². The van der Waals surface area contributed by atoms with Crippen molar-refractivity contribution in [2.75, 3.05) is 52.6 Å². The zero-order chi connectivity index (χ0) is 15.2. The van der Waals surface area contributed by atoms with E-state index in [-0.39, 0.29) is 0 Å². The van der Waals surface area contributed by atoms with Crippen LogP contribution in [0.3, 0.4) is 0 Å². The highest BCUT2D eigenvalue weighted by Crippen LogP contribution is 2.31. The molecular formula is C16H31N3OS. The Kier molecular flexibility index (Phi) is 6.83. The maximum absolute atomic E-state index is 12.4. The molecule has 5 heteroatoms. The number of hydrogen-bond donors (Lipinski definition) is 0. The van der Waals surface area contributed by atoms with Crippen molar-refractivity contribution in [1.29, 1.82) is 0 Å². The lowest BCUT2D eigenvalue weighted by molar-refractivity contribution is -0.132. The Morgan fingerprint density at radius 2 is 1.86 bits per heavy atom. The molecule has 1 amide bonds. The standard InChI is InChI=1S/C16H31N3OS/c1-4-18-10-12-19(13-11-18)9-8-16(20)17(2)14-6-5-7-15(14)21-3/h14-15H,4-13H2,1-3H3. The van der Waals surface area contributed by atoms with E-state index in [0.29, 0.717) is 23.6 Å². The quantitative estimate of drug-likeness (QED) is 0.746. The molecule has 4 nitrogen and oxygen atoms in total. The van der Waals surface area contributed by atoms with Crippen LogP contribution in [-0.2, 0) is 4.79 Å². The van der Waals surface area contributed by atoms with Crippen LogP contribution in [0.25, 0.3) is 0 Å².